The van der Waals surface area contributed by atoms with E-state index in [1.165, 1.54) is 18.3 Å². The molecule has 1 amide bonds. The quantitative estimate of drug-likeness (QED) is 0.201. The van der Waals surface area contributed by atoms with E-state index >= 15 is 0 Å². The summed E-state index contributed by atoms with van der Waals surface area (Å²) < 4.78 is 78.9. The highest BCUT2D eigenvalue weighted by Crippen LogP contribution is 2.36. The van der Waals surface area contributed by atoms with Crippen molar-refractivity contribution in [1.29, 1.82) is 0 Å². The number of hydrogen-bond donors (Lipinski definition) is 3. The van der Waals surface area contributed by atoms with E-state index < -0.39 is 40.9 Å². The van der Waals surface area contributed by atoms with Crippen molar-refractivity contribution in [2.45, 2.75) is 32.6 Å². The van der Waals surface area contributed by atoms with Crippen LogP contribution in [-0.4, -0.2) is 31.9 Å². The summed E-state index contributed by atoms with van der Waals surface area (Å²) in [5.74, 6) is -1.66. The van der Waals surface area contributed by atoms with Crippen LogP contribution in [0.3, 0.4) is 0 Å². The highest BCUT2D eigenvalue weighted by molar-refractivity contribution is 6.04. The van der Waals surface area contributed by atoms with Crippen LogP contribution in [0.1, 0.15) is 40.4 Å². The molecule has 2 aromatic carbocycles. The van der Waals surface area contributed by atoms with E-state index in [2.05, 4.69) is 25.6 Å². The predicted octanol–water partition coefficient (Wildman–Crippen LogP) is 7.36. The fraction of sp³-hybridized carbons (Fsp3) is 0.179. The molecule has 42 heavy (non-hydrogen) atoms. The van der Waals surface area contributed by atoms with Crippen LogP contribution in [0, 0.1) is 6.92 Å². The minimum Gasteiger partial charge on any atom is -0.481 e. The zero-order valence-corrected chi connectivity index (χ0v) is 22.0. The molecule has 2 heterocycles. The van der Waals surface area contributed by atoms with Gasteiger partial charge in [-0.15, -0.1) is 0 Å². The van der Waals surface area contributed by atoms with Crippen molar-refractivity contribution in [3.63, 3.8) is 0 Å². The summed E-state index contributed by atoms with van der Waals surface area (Å²) >= 11 is 0. The molecule has 0 radical (unpaired) electrons. The molecule has 4 aromatic rings. The Balaban J connectivity index is 0.000000892. The fourth-order valence-corrected chi connectivity index (χ4v) is 3.34. The number of carbonyl (C=O) groups is 2. The number of carbonyl (C=O) groups excluding carboxylic acids is 1. The minimum absolute atomic E-state index is 0.0374. The lowest BCUT2D eigenvalue weighted by atomic mass is 10.0. The molecule has 14 heteroatoms. The molecule has 3 N–H and O–H groups in total. The number of carboxylic acids is 1. The number of aliphatic carboxylic acids is 1. The van der Waals surface area contributed by atoms with Gasteiger partial charge in [0.25, 0.3) is 5.91 Å². The van der Waals surface area contributed by atoms with Crippen molar-refractivity contribution in [3.8, 4) is 11.3 Å². The number of halogens is 6. The van der Waals surface area contributed by atoms with Gasteiger partial charge in [-0.1, -0.05) is 13.0 Å². The Bertz CT molecular complexity index is 1530. The van der Waals surface area contributed by atoms with Crippen LogP contribution < -0.4 is 10.6 Å². The van der Waals surface area contributed by atoms with Gasteiger partial charge in [0, 0.05) is 47.5 Å². The molecule has 0 unspecified atom stereocenters. The summed E-state index contributed by atoms with van der Waals surface area (Å²) in [6, 6.07) is 10.5. The Morgan fingerprint density at radius 1 is 0.905 bits per heavy atom. The number of hydrogen-bond acceptors (Lipinski definition) is 6. The third kappa shape index (κ3) is 8.74. The van der Waals surface area contributed by atoms with Crippen LogP contribution in [0.4, 0.5) is 43.7 Å². The Labute approximate surface area is 235 Å². The molecule has 220 valence electrons. The van der Waals surface area contributed by atoms with Gasteiger partial charge in [0.2, 0.25) is 5.95 Å². The van der Waals surface area contributed by atoms with Gasteiger partial charge in [-0.3, -0.25) is 14.6 Å². The summed E-state index contributed by atoms with van der Waals surface area (Å²) in [5, 5.41) is 13.1. The monoisotopic (exact) mass is 591 g/mol. The summed E-state index contributed by atoms with van der Waals surface area (Å²) in [6.45, 7) is 3.35. The van der Waals surface area contributed by atoms with E-state index in [-0.39, 0.29) is 24.1 Å². The van der Waals surface area contributed by atoms with Gasteiger partial charge >= 0.3 is 18.3 Å². The molecule has 8 nitrogen and oxygen atoms in total. The molecule has 0 spiro atoms. The smallest absolute Gasteiger partial charge is 0.416 e. The van der Waals surface area contributed by atoms with Gasteiger partial charge in [0.05, 0.1) is 16.8 Å². The van der Waals surface area contributed by atoms with Gasteiger partial charge < -0.3 is 15.7 Å². The van der Waals surface area contributed by atoms with E-state index in [1.54, 1.807) is 44.4 Å². The van der Waals surface area contributed by atoms with Crippen LogP contribution in [0.25, 0.3) is 11.3 Å². The normalized spacial score (nSPS) is 11.2. The van der Waals surface area contributed by atoms with Gasteiger partial charge in [-0.2, -0.15) is 26.3 Å². The predicted molar refractivity (Wildman–Crippen MR) is 142 cm³/mol. The van der Waals surface area contributed by atoms with Gasteiger partial charge in [-0.05, 0) is 61.0 Å². The van der Waals surface area contributed by atoms with E-state index in [4.69, 9.17) is 5.11 Å². The maximum Gasteiger partial charge on any atom is 0.416 e. The third-order valence-electron chi connectivity index (χ3n) is 5.51. The molecule has 0 fully saturated rings. The van der Waals surface area contributed by atoms with Gasteiger partial charge in [0.1, 0.15) is 0 Å². The molecular formula is C28H23F6N5O3. The second kappa shape index (κ2) is 13.1. The Kier molecular flexibility index (Phi) is 9.83. The molecule has 0 aliphatic carbocycles. The number of anilines is 3. The molecule has 0 aliphatic heterocycles. The van der Waals surface area contributed by atoms with Crippen LogP contribution in [-0.2, 0) is 17.1 Å². The number of alkyl halides is 6. The number of aromatic nitrogens is 3. The second-order valence-corrected chi connectivity index (χ2v) is 8.66. The number of nitrogens with zero attached hydrogens (tertiary/aromatic N) is 3. The van der Waals surface area contributed by atoms with Crippen molar-refractivity contribution in [2.75, 3.05) is 10.6 Å². The Morgan fingerprint density at radius 3 is 2.10 bits per heavy atom. The maximum atomic E-state index is 13.1. The first-order chi connectivity index (χ1) is 19.7. The third-order valence-corrected chi connectivity index (χ3v) is 5.51. The van der Waals surface area contributed by atoms with Gasteiger partial charge in [-0.25, -0.2) is 9.97 Å². The van der Waals surface area contributed by atoms with Crippen molar-refractivity contribution in [3.05, 3.63) is 95.4 Å². The molecule has 0 saturated heterocycles. The number of benzene rings is 2. The SMILES string of the molecule is CCC(=O)O.Cc1ccc(NC(=O)c2cc(C(F)(F)F)cc(C(F)(F)F)c2)cc1Nc1nccc(-c2cccnc2)n1. The van der Waals surface area contributed by atoms with Crippen molar-refractivity contribution >= 4 is 29.2 Å². The van der Waals surface area contributed by atoms with E-state index in [0.717, 1.165) is 5.56 Å². The number of rotatable bonds is 6. The fourth-order valence-electron chi connectivity index (χ4n) is 3.34. The number of nitrogens with one attached hydrogen (secondary N) is 2. The van der Waals surface area contributed by atoms with Crippen molar-refractivity contribution in [2.24, 2.45) is 0 Å². The van der Waals surface area contributed by atoms with Crippen LogP contribution in [0.5, 0.6) is 0 Å². The zero-order chi connectivity index (χ0) is 31.1. The molecule has 2 aromatic heterocycles. The first kappa shape index (κ1) is 31.5. The van der Waals surface area contributed by atoms with Crippen LogP contribution >= 0.6 is 0 Å². The van der Waals surface area contributed by atoms with Crippen molar-refractivity contribution < 1.29 is 41.0 Å². The minimum atomic E-state index is -5.07. The molecular weight excluding hydrogens is 568 g/mol. The average Bonchev–Trinajstić information content (AvgIpc) is 2.94. The number of pyridine rings is 1. The first-order valence-corrected chi connectivity index (χ1v) is 12.1. The largest absolute Gasteiger partial charge is 0.481 e. The zero-order valence-electron chi connectivity index (χ0n) is 22.0. The lowest BCUT2D eigenvalue weighted by molar-refractivity contribution is -0.143. The van der Waals surface area contributed by atoms with Crippen LogP contribution in [0.2, 0.25) is 0 Å². The second-order valence-electron chi connectivity index (χ2n) is 8.66. The maximum absolute atomic E-state index is 13.1. The molecule has 0 saturated carbocycles. The van der Waals surface area contributed by atoms with E-state index in [9.17, 15) is 35.9 Å². The summed E-state index contributed by atoms with van der Waals surface area (Å²) in [6.07, 6.45) is -5.13. The lowest BCUT2D eigenvalue weighted by Gasteiger charge is -2.15. The summed E-state index contributed by atoms with van der Waals surface area (Å²) in [7, 11) is 0. The lowest BCUT2D eigenvalue weighted by Crippen LogP contribution is -2.17. The molecule has 4 rings (SSSR count). The first-order valence-electron chi connectivity index (χ1n) is 12.1. The van der Waals surface area contributed by atoms with E-state index in [0.29, 0.717) is 29.1 Å². The highest BCUT2D eigenvalue weighted by Gasteiger charge is 2.37. The summed E-state index contributed by atoms with van der Waals surface area (Å²) in [4.78, 5) is 34.6. The molecule has 0 atom stereocenters. The molecule has 0 bridgehead atoms. The Hall–Kier alpha value is -5.01. The number of amides is 1. The topological polar surface area (TPSA) is 117 Å². The van der Waals surface area contributed by atoms with E-state index in [1.807, 2.05) is 6.07 Å². The summed E-state index contributed by atoms with van der Waals surface area (Å²) in [5.41, 5.74) is -1.29. The standard InChI is InChI=1S/C25H17F6N5O.C3H6O2/c1-14-4-5-19(12-21(14)36-23-33-8-6-20(35-23)15-3-2-7-32-13-15)34-22(37)16-9-17(24(26,27)28)11-18(10-16)25(29,30)31;1-2-3(4)5/h2-13H,1H3,(H,34,37)(H,33,35,36);2H2,1H3,(H,4,5). The van der Waals surface area contributed by atoms with Crippen molar-refractivity contribution in [1.82, 2.24) is 15.0 Å². The Morgan fingerprint density at radius 2 is 1.55 bits per heavy atom. The average molecular weight is 592 g/mol. The number of carboxylic acid groups (broad SMARTS) is 1. The highest BCUT2D eigenvalue weighted by atomic mass is 19.4. The van der Waals surface area contributed by atoms with Gasteiger partial charge in [0.15, 0.2) is 0 Å². The van der Waals surface area contributed by atoms with Crippen LogP contribution in [0.15, 0.2) is 73.2 Å². The number of aryl methyl sites for hydroxylation is 1. The molecule has 0 aliphatic rings.